The van der Waals surface area contributed by atoms with Crippen molar-refractivity contribution < 1.29 is 8.83 Å². The van der Waals surface area contributed by atoms with Crippen molar-refractivity contribution in [3.05, 3.63) is 231 Å². The molecule has 0 fully saturated rings. The van der Waals surface area contributed by atoms with Gasteiger partial charge in [-0.15, -0.1) is 0 Å². The van der Waals surface area contributed by atoms with Gasteiger partial charge in [-0.2, -0.15) is 0 Å². The standard InChI is InChI=1S/C63H38N4O2/c1-4-15-39(16-5-1)41-27-29-43(30-28-41)62-64-61(42-19-8-3-9-20-42)65-63(66-62)51-23-14-26-56-58(51)50-33-31-45(38-57(50)68-56)46-34-35-49-48-22-11-13-25-55(48)69-60(49)59(46)67-53-24-12-10-21-47(53)52-37-44(32-36-54(52)67)40-17-6-2-7-18-40/h1-38H. The summed E-state index contributed by atoms with van der Waals surface area (Å²) < 4.78 is 16.1. The van der Waals surface area contributed by atoms with Crippen molar-refractivity contribution in [2.75, 3.05) is 0 Å². The van der Waals surface area contributed by atoms with Gasteiger partial charge in [-0.25, -0.2) is 15.0 Å². The summed E-state index contributed by atoms with van der Waals surface area (Å²) in [6.07, 6.45) is 0. The third-order valence-corrected chi connectivity index (χ3v) is 13.5. The number of hydrogen-bond acceptors (Lipinski definition) is 5. The molecule has 0 aliphatic heterocycles. The molecule has 4 aromatic heterocycles. The number of para-hydroxylation sites is 2. The lowest BCUT2D eigenvalue weighted by Gasteiger charge is -2.15. The van der Waals surface area contributed by atoms with Crippen LogP contribution in [0.15, 0.2) is 239 Å². The molecule has 322 valence electrons. The van der Waals surface area contributed by atoms with Crippen LogP contribution >= 0.6 is 0 Å². The van der Waals surface area contributed by atoms with E-state index in [1.165, 1.54) is 21.9 Å². The van der Waals surface area contributed by atoms with Crippen molar-refractivity contribution in [3.63, 3.8) is 0 Å². The van der Waals surface area contributed by atoms with Gasteiger partial charge in [-0.05, 0) is 76.3 Å². The summed E-state index contributed by atoms with van der Waals surface area (Å²) in [7, 11) is 0. The molecule has 0 spiro atoms. The number of benzene rings is 10. The highest BCUT2D eigenvalue weighted by molar-refractivity contribution is 6.16. The molecular formula is C63H38N4O2. The van der Waals surface area contributed by atoms with Crippen LogP contribution in [0.25, 0.3) is 139 Å². The second kappa shape index (κ2) is 15.6. The predicted molar refractivity (Wildman–Crippen MR) is 281 cm³/mol. The van der Waals surface area contributed by atoms with E-state index in [0.717, 1.165) is 99.5 Å². The van der Waals surface area contributed by atoms with Crippen molar-refractivity contribution >= 4 is 65.7 Å². The number of aromatic nitrogens is 4. The lowest BCUT2D eigenvalue weighted by Crippen LogP contribution is -2.00. The van der Waals surface area contributed by atoms with Gasteiger partial charge in [0, 0.05) is 54.6 Å². The average molecular weight is 883 g/mol. The molecule has 14 rings (SSSR count). The van der Waals surface area contributed by atoms with E-state index >= 15 is 0 Å². The van der Waals surface area contributed by atoms with Crippen molar-refractivity contribution in [1.29, 1.82) is 0 Å². The molecule has 69 heavy (non-hydrogen) atoms. The predicted octanol–water partition coefficient (Wildman–Crippen LogP) is 16.8. The third-order valence-electron chi connectivity index (χ3n) is 13.5. The third kappa shape index (κ3) is 6.38. The number of furan rings is 2. The molecule has 4 heterocycles. The Kier molecular flexibility index (Phi) is 8.79. The number of fused-ring (bicyclic) bond motifs is 9. The van der Waals surface area contributed by atoms with Gasteiger partial charge < -0.3 is 13.4 Å². The molecule has 0 bridgehead atoms. The fourth-order valence-corrected chi connectivity index (χ4v) is 10.2. The van der Waals surface area contributed by atoms with E-state index in [9.17, 15) is 0 Å². The lowest BCUT2D eigenvalue weighted by molar-refractivity contribution is 0.666. The maximum atomic E-state index is 6.91. The van der Waals surface area contributed by atoms with Gasteiger partial charge in [-0.1, -0.05) is 182 Å². The second-order valence-corrected chi connectivity index (χ2v) is 17.5. The first-order valence-electron chi connectivity index (χ1n) is 23.2. The van der Waals surface area contributed by atoms with Gasteiger partial charge in [0.25, 0.3) is 0 Å². The van der Waals surface area contributed by atoms with Crippen LogP contribution in [0.2, 0.25) is 0 Å². The van der Waals surface area contributed by atoms with Crippen LogP contribution in [-0.2, 0) is 0 Å². The molecule has 14 aromatic rings. The zero-order chi connectivity index (χ0) is 45.4. The summed E-state index contributed by atoms with van der Waals surface area (Å²) in [5, 5.41) is 6.40. The molecule has 6 heteroatoms. The molecule has 0 N–H and O–H groups in total. The monoisotopic (exact) mass is 882 g/mol. The summed E-state index contributed by atoms with van der Waals surface area (Å²) in [6, 6.07) is 80.3. The summed E-state index contributed by atoms with van der Waals surface area (Å²) in [4.78, 5) is 15.4. The van der Waals surface area contributed by atoms with Crippen molar-refractivity contribution in [1.82, 2.24) is 19.5 Å². The smallest absolute Gasteiger partial charge is 0.164 e. The van der Waals surface area contributed by atoms with Crippen LogP contribution in [0.4, 0.5) is 0 Å². The fourth-order valence-electron chi connectivity index (χ4n) is 10.2. The van der Waals surface area contributed by atoms with Gasteiger partial charge in [0.1, 0.15) is 16.7 Å². The van der Waals surface area contributed by atoms with Crippen molar-refractivity contribution in [3.8, 4) is 73.2 Å². The van der Waals surface area contributed by atoms with E-state index in [1.807, 2.05) is 54.6 Å². The quantitative estimate of drug-likeness (QED) is 0.159. The molecule has 0 saturated carbocycles. The first-order chi connectivity index (χ1) is 34.2. The number of hydrogen-bond donors (Lipinski definition) is 0. The Hall–Kier alpha value is -9.39. The molecular weight excluding hydrogens is 845 g/mol. The molecule has 6 nitrogen and oxygen atoms in total. The van der Waals surface area contributed by atoms with Crippen LogP contribution < -0.4 is 0 Å². The summed E-state index contributed by atoms with van der Waals surface area (Å²) in [5.41, 5.74) is 15.7. The molecule has 0 saturated heterocycles. The summed E-state index contributed by atoms with van der Waals surface area (Å²) in [5.74, 6) is 1.77. The minimum absolute atomic E-state index is 0.572. The van der Waals surface area contributed by atoms with Gasteiger partial charge in [0.2, 0.25) is 0 Å². The Bertz CT molecular complexity index is 4290. The molecule has 10 aromatic carbocycles. The molecule has 0 aliphatic carbocycles. The zero-order valence-corrected chi connectivity index (χ0v) is 37.0. The number of rotatable bonds is 7. The summed E-state index contributed by atoms with van der Waals surface area (Å²) in [6.45, 7) is 0. The van der Waals surface area contributed by atoms with Crippen LogP contribution in [0.1, 0.15) is 0 Å². The lowest BCUT2D eigenvalue weighted by atomic mass is 9.98. The van der Waals surface area contributed by atoms with E-state index in [0.29, 0.717) is 17.5 Å². The van der Waals surface area contributed by atoms with Gasteiger partial charge in [0.05, 0.1) is 16.7 Å². The first-order valence-corrected chi connectivity index (χ1v) is 23.2. The largest absolute Gasteiger partial charge is 0.456 e. The Morgan fingerprint density at radius 2 is 0.841 bits per heavy atom. The minimum Gasteiger partial charge on any atom is -0.456 e. The first kappa shape index (κ1) is 38.8. The topological polar surface area (TPSA) is 69.9 Å². The Balaban J connectivity index is 0.954. The van der Waals surface area contributed by atoms with E-state index in [1.54, 1.807) is 0 Å². The van der Waals surface area contributed by atoms with Gasteiger partial charge >= 0.3 is 0 Å². The molecule has 0 aliphatic rings. The Morgan fingerprint density at radius 1 is 0.290 bits per heavy atom. The molecule has 0 amide bonds. The second-order valence-electron chi connectivity index (χ2n) is 17.5. The van der Waals surface area contributed by atoms with Crippen LogP contribution in [-0.4, -0.2) is 19.5 Å². The van der Waals surface area contributed by atoms with Crippen LogP contribution in [0, 0.1) is 0 Å². The van der Waals surface area contributed by atoms with Crippen molar-refractivity contribution in [2.45, 2.75) is 0 Å². The average Bonchev–Trinajstić information content (AvgIpc) is 4.10. The van der Waals surface area contributed by atoms with E-state index < -0.39 is 0 Å². The summed E-state index contributed by atoms with van der Waals surface area (Å²) >= 11 is 0. The molecule has 0 unspecified atom stereocenters. The fraction of sp³-hybridized carbons (Fsp3) is 0. The Labute approximate surface area is 396 Å². The molecule has 0 radical (unpaired) electrons. The minimum atomic E-state index is 0.572. The highest BCUT2D eigenvalue weighted by Gasteiger charge is 2.24. The maximum absolute atomic E-state index is 6.91. The Morgan fingerprint density at radius 3 is 1.61 bits per heavy atom. The van der Waals surface area contributed by atoms with E-state index in [2.05, 4.69) is 180 Å². The zero-order valence-electron chi connectivity index (χ0n) is 37.0. The highest BCUT2D eigenvalue weighted by atomic mass is 16.3. The van der Waals surface area contributed by atoms with Crippen LogP contribution in [0.5, 0.6) is 0 Å². The highest BCUT2D eigenvalue weighted by Crippen LogP contribution is 2.45. The molecule has 0 atom stereocenters. The van der Waals surface area contributed by atoms with E-state index in [4.69, 9.17) is 23.8 Å². The van der Waals surface area contributed by atoms with Crippen molar-refractivity contribution in [2.24, 2.45) is 0 Å². The number of nitrogens with zero attached hydrogens (tertiary/aromatic N) is 4. The normalized spacial score (nSPS) is 11.8. The maximum Gasteiger partial charge on any atom is 0.164 e. The van der Waals surface area contributed by atoms with Gasteiger partial charge in [-0.3, -0.25) is 0 Å². The SMILES string of the molecule is c1ccc(-c2ccc(-c3nc(-c4ccccc4)nc(-c4cccc5oc6cc(-c7ccc8c(oc9ccccc98)c7-n7c8ccccc8c8cc(-c9ccccc9)ccc87)ccc6c45)n3)cc2)cc1. The van der Waals surface area contributed by atoms with Gasteiger partial charge in [0.15, 0.2) is 23.1 Å². The van der Waals surface area contributed by atoms with E-state index in [-0.39, 0.29) is 0 Å². The van der Waals surface area contributed by atoms with Crippen LogP contribution in [0.3, 0.4) is 0 Å².